The van der Waals surface area contributed by atoms with Gasteiger partial charge in [-0.3, -0.25) is 24.6 Å². The maximum atomic E-state index is 12.1. The zero-order valence-electron chi connectivity index (χ0n) is 13.0. The van der Waals surface area contributed by atoms with Crippen LogP contribution >= 0.6 is 23.4 Å². The summed E-state index contributed by atoms with van der Waals surface area (Å²) in [4.78, 5) is 35.3. The number of nitrogens with zero attached hydrogens (tertiary/aromatic N) is 2. The van der Waals surface area contributed by atoms with Gasteiger partial charge in [-0.25, -0.2) is 0 Å². The summed E-state index contributed by atoms with van der Waals surface area (Å²) in [5.74, 6) is 2.48. The first-order valence-electron chi connectivity index (χ1n) is 7.13. The van der Waals surface area contributed by atoms with E-state index in [-0.39, 0.29) is 22.2 Å². The van der Waals surface area contributed by atoms with Crippen LogP contribution in [0.25, 0.3) is 17.4 Å². The summed E-state index contributed by atoms with van der Waals surface area (Å²) in [5.41, 5.74) is 0.338. The number of nitro groups is 1. The third kappa shape index (κ3) is 3.35. The van der Waals surface area contributed by atoms with Gasteiger partial charge in [-0.1, -0.05) is 17.5 Å². The standard InChI is InChI=1S/C17H9ClN2O5S/c1-2-7-19-16(21)15(26-17(19)22)9-11-4-6-14(25-11)12-5-3-10(20(23)24)8-13(12)18/h1,3-6,8-9H,7H2. The molecule has 130 valence electrons. The molecule has 0 saturated carbocycles. The highest BCUT2D eigenvalue weighted by Crippen LogP contribution is 2.35. The van der Waals surface area contributed by atoms with Crippen molar-refractivity contribution in [1.29, 1.82) is 0 Å². The van der Waals surface area contributed by atoms with Crippen molar-refractivity contribution in [3.8, 4) is 23.7 Å². The summed E-state index contributed by atoms with van der Waals surface area (Å²) in [6.45, 7) is -0.0934. The number of thioether (sulfide) groups is 1. The Morgan fingerprint density at radius 1 is 1.35 bits per heavy atom. The molecule has 26 heavy (non-hydrogen) atoms. The van der Waals surface area contributed by atoms with Gasteiger partial charge in [0.05, 0.1) is 21.4 Å². The van der Waals surface area contributed by atoms with E-state index in [4.69, 9.17) is 22.4 Å². The number of imide groups is 1. The molecule has 1 saturated heterocycles. The zero-order chi connectivity index (χ0) is 18.8. The van der Waals surface area contributed by atoms with Crippen LogP contribution in [0.5, 0.6) is 0 Å². The van der Waals surface area contributed by atoms with Crippen molar-refractivity contribution in [2.75, 3.05) is 6.54 Å². The van der Waals surface area contributed by atoms with E-state index < -0.39 is 16.1 Å². The van der Waals surface area contributed by atoms with E-state index in [0.717, 1.165) is 16.7 Å². The van der Waals surface area contributed by atoms with Crippen LogP contribution in [0.2, 0.25) is 5.02 Å². The fraction of sp³-hybridized carbons (Fsp3) is 0.0588. The predicted molar refractivity (Wildman–Crippen MR) is 97.3 cm³/mol. The number of carbonyl (C=O) groups excluding carboxylic acids is 2. The molecule has 1 aliphatic heterocycles. The van der Waals surface area contributed by atoms with Gasteiger partial charge in [-0.2, -0.15) is 0 Å². The molecule has 1 aromatic heterocycles. The molecule has 0 radical (unpaired) electrons. The average Bonchev–Trinajstić information content (AvgIpc) is 3.15. The first-order chi connectivity index (χ1) is 12.4. The van der Waals surface area contributed by atoms with Gasteiger partial charge in [0.25, 0.3) is 16.8 Å². The predicted octanol–water partition coefficient (Wildman–Crippen LogP) is 4.18. The average molecular weight is 389 g/mol. The van der Waals surface area contributed by atoms with E-state index in [9.17, 15) is 19.7 Å². The Hall–Kier alpha value is -3.02. The van der Waals surface area contributed by atoms with E-state index in [1.165, 1.54) is 24.3 Å². The smallest absolute Gasteiger partial charge is 0.294 e. The third-order valence-electron chi connectivity index (χ3n) is 3.45. The van der Waals surface area contributed by atoms with Gasteiger partial charge in [-0.15, -0.1) is 6.42 Å². The van der Waals surface area contributed by atoms with E-state index in [0.29, 0.717) is 17.1 Å². The number of halogens is 1. The summed E-state index contributed by atoms with van der Waals surface area (Å²) >= 11 is 6.85. The lowest BCUT2D eigenvalue weighted by atomic mass is 10.1. The maximum Gasteiger partial charge on any atom is 0.294 e. The Morgan fingerprint density at radius 2 is 2.12 bits per heavy atom. The van der Waals surface area contributed by atoms with Crippen molar-refractivity contribution in [3.63, 3.8) is 0 Å². The number of hydrogen-bond acceptors (Lipinski definition) is 6. The fourth-order valence-corrected chi connectivity index (χ4v) is 3.34. The maximum absolute atomic E-state index is 12.1. The Bertz CT molecular complexity index is 1000. The van der Waals surface area contributed by atoms with Crippen molar-refractivity contribution in [1.82, 2.24) is 4.90 Å². The first kappa shape index (κ1) is 17.8. The summed E-state index contributed by atoms with van der Waals surface area (Å²) < 4.78 is 5.63. The van der Waals surface area contributed by atoms with Crippen LogP contribution in [-0.2, 0) is 4.79 Å². The van der Waals surface area contributed by atoms with Gasteiger partial charge in [0.15, 0.2) is 0 Å². The number of carbonyl (C=O) groups is 2. The van der Waals surface area contributed by atoms with Crippen molar-refractivity contribution in [2.45, 2.75) is 0 Å². The molecule has 1 fully saturated rings. The molecule has 2 heterocycles. The minimum atomic E-state index is -0.546. The van der Waals surface area contributed by atoms with E-state index >= 15 is 0 Å². The number of terminal acetylenes is 1. The van der Waals surface area contributed by atoms with Crippen molar-refractivity contribution < 1.29 is 18.9 Å². The molecule has 1 aliphatic rings. The van der Waals surface area contributed by atoms with Crippen LogP contribution in [0, 0.1) is 22.5 Å². The summed E-state index contributed by atoms with van der Waals surface area (Å²) in [5, 5.41) is 10.5. The summed E-state index contributed by atoms with van der Waals surface area (Å²) in [6.07, 6.45) is 6.58. The second-order valence-electron chi connectivity index (χ2n) is 5.10. The second-order valence-corrected chi connectivity index (χ2v) is 6.50. The van der Waals surface area contributed by atoms with Crippen molar-refractivity contribution in [2.24, 2.45) is 0 Å². The molecular weight excluding hydrogens is 380 g/mol. The highest BCUT2D eigenvalue weighted by Gasteiger charge is 2.34. The number of rotatable bonds is 4. The molecule has 9 heteroatoms. The second kappa shape index (κ2) is 7.07. The number of non-ortho nitro benzene ring substituents is 1. The number of hydrogen-bond donors (Lipinski definition) is 0. The van der Waals surface area contributed by atoms with E-state index in [2.05, 4.69) is 5.92 Å². The quantitative estimate of drug-likeness (QED) is 0.337. The number of benzene rings is 1. The van der Waals surface area contributed by atoms with Crippen LogP contribution < -0.4 is 0 Å². The van der Waals surface area contributed by atoms with Gasteiger partial charge in [-0.05, 0) is 30.0 Å². The highest BCUT2D eigenvalue weighted by atomic mass is 35.5. The molecule has 2 aromatic rings. The van der Waals surface area contributed by atoms with Crippen LogP contribution in [0.4, 0.5) is 10.5 Å². The van der Waals surface area contributed by atoms with Crippen LogP contribution in [-0.4, -0.2) is 27.5 Å². The SMILES string of the molecule is C#CCN1C(=O)SC(=Cc2ccc(-c3ccc([N+](=O)[O-])cc3Cl)o2)C1=O. The largest absolute Gasteiger partial charge is 0.457 e. The van der Waals surface area contributed by atoms with Crippen LogP contribution in [0.1, 0.15) is 5.76 Å². The number of amides is 2. The molecule has 2 amide bonds. The molecule has 0 N–H and O–H groups in total. The minimum Gasteiger partial charge on any atom is -0.457 e. The van der Waals surface area contributed by atoms with Crippen molar-refractivity contribution in [3.05, 3.63) is 56.1 Å². The Balaban J connectivity index is 1.87. The van der Waals surface area contributed by atoms with Gasteiger partial charge in [0, 0.05) is 23.8 Å². The molecule has 1 aromatic carbocycles. The number of nitro benzene ring substituents is 1. The third-order valence-corrected chi connectivity index (χ3v) is 4.67. The Kier molecular flexibility index (Phi) is 4.84. The summed E-state index contributed by atoms with van der Waals surface area (Å²) in [6, 6.07) is 7.23. The van der Waals surface area contributed by atoms with Gasteiger partial charge >= 0.3 is 0 Å². The molecule has 0 unspecified atom stereocenters. The number of furan rings is 1. The lowest BCUT2D eigenvalue weighted by Crippen LogP contribution is -2.28. The molecular formula is C17H9ClN2O5S. The van der Waals surface area contributed by atoms with Crippen LogP contribution in [0.15, 0.2) is 39.7 Å². The lowest BCUT2D eigenvalue weighted by molar-refractivity contribution is -0.384. The monoisotopic (exact) mass is 388 g/mol. The molecule has 7 nitrogen and oxygen atoms in total. The van der Waals surface area contributed by atoms with Gasteiger partial charge < -0.3 is 4.42 Å². The summed E-state index contributed by atoms with van der Waals surface area (Å²) in [7, 11) is 0. The van der Waals surface area contributed by atoms with Gasteiger partial charge in [0.2, 0.25) is 0 Å². The van der Waals surface area contributed by atoms with E-state index in [1.807, 2.05) is 0 Å². The zero-order valence-corrected chi connectivity index (χ0v) is 14.5. The minimum absolute atomic E-state index is 0.0934. The molecule has 0 spiro atoms. The highest BCUT2D eigenvalue weighted by molar-refractivity contribution is 8.18. The molecule has 0 atom stereocenters. The molecule has 3 rings (SSSR count). The normalized spacial score (nSPS) is 15.5. The fourth-order valence-electron chi connectivity index (χ4n) is 2.25. The Labute approximate surface area is 156 Å². The van der Waals surface area contributed by atoms with Crippen molar-refractivity contribution >= 4 is 46.3 Å². The Morgan fingerprint density at radius 3 is 2.77 bits per heavy atom. The molecule has 0 bridgehead atoms. The van der Waals surface area contributed by atoms with Gasteiger partial charge in [0.1, 0.15) is 11.5 Å². The molecule has 0 aliphatic carbocycles. The lowest BCUT2D eigenvalue weighted by Gasteiger charge is -2.06. The van der Waals surface area contributed by atoms with Crippen LogP contribution in [0.3, 0.4) is 0 Å². The topological polar surface area (TPSA) is 93.7 Å². The van der Waals surface area contributed by atoms with E-state index in [1.54, 1.807) is 12.1 Å². The first-order valence-corrected chi connectivity index (χ1v) is 8.33.